The largest absolute Gasteiger partial charge is 0.455 e. The van der Waals surface area contributed by atoms with E-state index in [1.807, 2.05) is 18.2 Å². The molecule has 3 aromatic rings. The number of aliphatic imine (C=N–C) groups is 1. The van der Waals surface area contributed by atoms with Crippen molar-refractivity contribution in [1.82, 2.24) is 15.2 Å². The van der Waals surface area contributed by atoms with Crippen molar-refractivity contribution in [2.75, 3.05) is 20.1 Å². The summed E-state index contributed by atoms with van der Waals surface area (Å²) in [4.78, 5) is 21.1. The monoisotopic (exact) mass is 459 g/mol. The number of halogens is 3. The highest BCUT2D eigenvalue weighted by Crippen LogP contribution is 2.40. The second-order valence-electron chi connectivity index (χ2n) is 7.83. The van der Waals surface area contributed by atoms with Crippen LogP contribution in [0.2, 0.25) is 0 Å². The predicted octanol–water partition coefficient (Wildman–Crippen LogP) is 4.25. The van der Waals surface area contributed by atoms with Gasteiger partial charge in [-0.3, -0.25) is 9.69 Å². The summed E-state index contributed by atoms with van der Waals surface area (Å²) in [7, 11) is 1.48. The number of para-hydroxylation sites is 1. The lowest BCUT2D eigenvalue weighted by molar-refractivity contribution is -0.136. The number of amides is 1. The number of ether oxygens (including phenoxy) is 1. The number of fused-ring (bicyclic) bond motifs is 1. The number of aromatic amines is 1. The number of carbonyl (C=O) groups is 1. The molecule has 0 aliphatic carbocycles. The van der Waals surface area contributed by atoms with E-state index >= 15 is 0 Å². The number of alkyl halides is 3. The highest BCUT2D eigenvalue weighted by molar-refractivity contribution is 6.05. The van der Waals surface area contributed by atoms with Gasteiger partial charge < -0.3 is 20.8 Å². The zero-order chi connectivity index (χ0) is 23.6. The number of hydrogen-bond donors (Lipinski definition) is 3. The molecule has 4 N–H and O–H groups in total. The third-order valence-corrected chi connectivity index (χ3v) is 5.55. The summed E-state index contributed by atoms with van der Waals surface area (Å²) in [5.41, 5.74) is 5.50. The first-order valence-corrected chi connectivity index (χ1v) is 10.5. The van der Waals surface area contributed by atoms with Crippen molar-refractivity contribution in [3.8, 4) is 11.5 Å². The summed E-state index contributed by atoms with van der Waals surface area (Å²) in [6.07, 6.45) is -2.33. The second-order valence-corrected chi connectivity index (χ2v) is 7.83. The van der Waals surface area contributed by atoms with E-state index in [4.69, 9.17) is 10.5 Å². The maximum absolute atomic E-state index is 13.6. The number of nitrogens with one attached hydrogen (secondary N) is 2. The maximum atomic E-state index is 13.6. The second kappa shape index (κ2) is 9.14. The van der Waals surface area contributed by atoms with E-state index in [0.29, 0.717) is 12.3 Å². The molecule has 0 atom stereocenters. The average molecular weight is 459 g/mol. The summed E-state index contributed by atoms with van der Waals surface area (Å²) >= 11 is 0. The fourth-order valence-electron chi connectivity index (χ4n) is 3.90. The molecule has 1 aliphatic heterocycles. The van der Waals surface area contributed by atoms with Crippen molar-refractivity contribution >= 4 is 22.8 Å². The number of carbonyl (C=O) groups excluding carboxylic acids is 1. The number of aromatic nitrogens is 1. The van der Waals surface area contributed by atoms with Crippen LogP contribution in [-0.2, 0) is 12.7 Å². The van der Waals surface area contributed by atoms with Crippen molar-refractivity contribution in [2.24, 2.45) is 10.7 Å². The number of rotatable bonds is 5. The number of hydrogen-bond acceptors (Lipinski definition) is 3. The first-order valence-electron chi connectivity index (χ1n) is 10.5. The van der Waals surface area contributed by atoms with Crippen LogP contribution in [0, 0.1) is 0 Å². The Balaban J connectivity index is 1.75. The summed E-state index contributed by atoms with van der Waals surface area (Å²) in [6.45, 7) is 2.68. The van der Waals surface area contributed by atoms with Gasteiger partial charge in [0.15, 0.2) is 11.7 Å². The molecule has 0 radical (unpaired) electrons. The molecule has 7 nitrogen and oxygen atoms in total. The van der Waals surface area contributed by atoms with Gasteiger partial charge in [0, 0.05) is 24.5 Å². The average Bonchev–Trinajstić information content (AvgIpc) is 3.44. The molecule has 2 aromatic carbocycles. The van der Waals surface area contributed by atoms with E-state index in [2.05, 4.69) is 20.2 Å². The number of H-pyrrole nitrogens is 1. The number of likely N-dealkylation sites (tertiary alicyclic amines) is 1. The minimum Gasteiger partial charge on any atom is -0.455 e. The Morgan fingerprint density at radius 1 is 1.18 bits per heavy atom. The van der Waals surface area contributed by atoms with Crippen molar-refractivity contribution in [1.29, 1.82) is 0 Å². The lowest BCUT2D eigenvalue weighted by Crippen LogP contribution is -2.28. The fourth-order valence-corrected chi connectivity index (χ4v) is 3.90. The molecule has 0 bridgehead atoms. The zero-order valence-corrected chi connectivity index (χ0v) is 18.0. The summed E-state index contributed by atoms with van der Waals surface area (Å²) in [5.74, 6) is -0.226. The minimum absolute atomic E-state index is 0.0578. The summed E-state index contributed by atoms with van der Waals surface area (Å²) in [6, 6.07) is 10.8. The van der Waals surface area contributed by atoms with Crippen LogP contribution >= 0.6 is 0 Å². The molecule has 0 saturated carbocycles. The molecule has 174 valence electrons. The van der Waals surface area contributed by atoms with Crippen LogP contribution < -0.4 is 15.8 Å². The lowest BCUT2D eigenvalue weighted by Gasteiger charge is -2.18. The van der Waals surface area contributed by atoms with Gasteiger partial charge in [-0.1, -0.05) is 18.2 Å². The SMILES string of the molecule is CNC(N)=NC(=O)c1cc2c(C(F)(F)F)ccc(Oc3ccccc3CN3CCCC3)c2[nH]1. The zero-order valence-electron chi connectivity index (χ0n) is 18.0. The third-order valence-electron chi connectivity index (χ3n) is 5.55. The van der Waals surface area contributed by atoms with Gasteiger partial charge in [0.05, 0.1) is 11.1 Å². The van der Waals surface area contributed by atoms with E-state index in [9.17, 15) is 18.0 Å². The quantitative estimate of drug-likeness (QED) is 0.392. The molecule has 1 aromatic heterocycles. The van der Waals surface area contributed by atoms with Crippen LogP contribution in [0.5, 0.6) is 11.5 Å². The summed E-state index contributed by atoms with van der Waals surface area (Å²) < 4.78 is 47.0. The highest BCUT2D eigenvalue weighted by Gasteiger charge is 2.34. The molecule has 1 saturated heterocycles. The van der Waals surface area contributed by atoms with Crippen molar-refractivity contribution in [2.45, 2.75) is 25.6 Å². The molecule has 1 amide bonds. The van der Waals surface area contributed by atoms with E-state index in [-0.39, 0.29) is 28.3 Å². The molecule has 0 unspecified atom stereocenters. The Hall–Kier alpha value is -3.53. The molecular weight excluding hydrogens is 435 g/mol. The Kier molecular flexibility index (Phi) is 6.28. The van der Waals surface area contributed by atoms with Crippen LogP contribution in [0.15, 0.2) is 47.5 Å². The molecule has 1 aliphatic rings. The van der Waals surface area contributed by atoms with Gasteiger partial charge in [0.25, 0.3) is 5.91 Å². The molecule has 10 heteroatoms. The fraction of sp³-hybridized carbons (Fsp3) is 0.304. The Morgan fingerprint density at radius 3 is 2.61 bits per heavy atom. The summed E-state index contributed by atoms with van der Waals surface area (Å²) in [5, 5.41) is 2.32. The molecular formula is C23H24F3N5O2. The molecule has 33 heavy (non-hydrogen) atoms. The third kappa shape index (κ3) is 4.95. The van der Waals surface area contributed by atoms with E-state index in [1.54, 1.807) is 6.07 Å². The topological polar surface area (TPSA) is 95.7 Å². The number of guanidine groups is 1. The van der Waals surface area contributed by atoms with Crippen LogP contribution in [0.3, 0.4) is 0 Å². The maximum Gasteiger partial charge on any atom is 0.417 e. The minimum atomic E-state index is -4.61. The molecule has 0 spiro atoms. The molecule has 2 heterocycles. The first kappa shape index (κ1) is 22.7. The Morgan fingerprint density at radius 2 is 1.91 bits per heavy atom. The smallest absolute Gasteiger partial charge is 0.417 e. The van der Waals surface area contributed by atoms with Crippen LogP contribution in [-0.4, -0.2) is 41.9 Å². The van der Waals surface area contributed by atoms with Crippen molar-refractivity contribution in [3.63, 3.8) is 0 Å². The van der Waals surface area contributed by atoms with E-state index in [0.717, 1.165) is 43.6 Å². The standard InChI is InChI=1S/C23H24F3N5O2/c1-28-22(27)30-21(32)17-12-15-16(23(24,25)26)8-9-19(20(15)29-17)33-18-7-3-2-6-14(18)13-31-10-4-5-11-31/h2-3,6-9,12,29H,4-5,10-11,13H2,1H3,(H3,27,28,30,32). The predicted molar refractivity (Wildman–Crippen MR) is 119 cm³/mol. The van der Waals surface area contributed by atoms with E-state index < -0.39 is 17.6 Å². The van der Waals surface area contributed by atoms with Gasteiger partial charge in [-0.2, -0.15) is 18.2 Å². The number of nitrogens with zero attached hydrogens (tertiary/aromatic N) is 2. The van der Waals surface area contributed by atoms with Gasteiger partial charge in [-0.15, -0.1) is 0 Å². The van der Waals surface area contributed by atoms with Crippen LogP contribution in [0.1, 0.15) is 34.5 Å². The van der Waals surface area contributed by atoms with Gasteiger partial charge in [0.2, 0.25) is 0 Å². The van der Waals surface area contributed by atoms with Gasteiger partial charge >= 0.3 is 6.18 Å². The molecule has 1 fully saturated rings. The lowest BCUT2D eigenvalue weighted by atomic mass is 10.1. The van der Waals surface area contributed by atoms with Gasteiger partial charge in [-0.05, 0) is 50.2 Å². The van der Waals surface area contributed by atoms with Crippen molar-refractivity contribution < 1.29 is 22.7 Å². The normalized spacial score (nSPS) is 15.2. The van der Waals surface area contributed by atoms with Crippen LogP contribution in [0.25, 0.3) is 10.9 Å². The Labute approximate surface area is 188 Å². The Bertz CT molecular complexity index is 1200. The van der Waals surface area contributed by atoms with Crippen molar-refractivity contribution in [3.05, 3.63) is 59.3 Å². The van der Waals surface area contributed by atoms with Gasteiger partial charge in [-0.25, -0.2) is 0 Å². The van der Waals surface area contributed by atoms with E-state index in [1.165, 1.54) is 13.1 Å². The molecule has 4 rings (SSSR count). The highest BCUT2D eigenvalue weighted by atomic mass is 19.4. The number of benzene rings is 2. The van der Waals surface area contributed by atoms with Gasteiger partial charge in [0.1, 0.15) is 11.4 Å². The van der Waals surface area contributed by atoms with Crippen LogP contribution in [0.4, 0.5) is 13.2 Å². The first-order chi connectivity index (χ1) is 15.8. The number of nitrogens with two attached hydrogens (primary N) is 1.